The van der Waals surface area contributed by atoms with Crippen LogP contribution in [0.4, 0.5) is 11.4 Å². The van der Waals surface area contributed by atoms with Gasteiger partial charge in [0.25, 0.3) is 5.91 Å². The molecule has 3 aromatic rings. The summed E-state index contributed by atoms with van der Waals surface area (Å²) in [5.74, 6) is 0.787. The van der Waals surface area contributed by atoms with Crippen LogP contribution in [0, 0.1) is 6.92 Å². The van der Waals surface area contributed by atoms with E-state index in [1.807, 2.05) is 49.4 Å². The molecule has 4 rings (SSSR count). The number of carbonyl (C=O) groups is 2. The van der Waals surface area contributed by atoms with Gasteiger partial charge in [0.15, 0.2) is 0 Å². The molecule has 1 aliphatic heterocycles. The van der Waals surface area contributed by atoms with Crippen molar-refractivity contribution in [3.8, 4) is 11.5 Å². The number of benzene rings is 3. The molecule has 6 nitrogen and oxygen atoms in total. The SMILES string of the molecule is Cc1cc(N2CCCC2)ccc1NC(=O)CNC(=O)c1ccc(Oc2ccccc2)cc1. The highest BCUT2D eigenvalue weighted by atomic mass is 16.5. The van der Waals surface area contributed by atoms with Gasteiger partial charge in [0.2, 0.25) is 5.91 Å². The first-order chi connectivity index (χ1) is 15.6. The van der Waals surface area contributed by atoms with Crippen molar-refractivity contribution in [2.75, 3.05) is 29.9 Å². The van der Waals surface area contributed by atoms with Crippen LogP contribution in [-0.4, -0.2) is 31.4 Å². The van der Waals surface area contributed by atoms with Crippen LogP contribution in [0.25, 0.3) is 0 Å². The fraction of sp³-hybridized carbons (Fsp3) is 0.231. The molecule has 0 atom stereocenters. The van der Waals surface area contributed by atoms with Crippen LogP contribution in [0.5, 0.6) is 11.5 Å². The van der Waals surface area contributed by atoms with Gasteiger partial charge in [0.05, 0.1) is 6.54 Å². The summed E-state index contributed by atoms with van der Waals surface area (Å²) in [6.07, 6.45) is 2.44. The maximum atomic E-state index is 12.4. The molecule has 0 aliphatic carbocycles. The molecule has 0 bridgehead atoms. The Kier molecular flexibility index (Phi) is 6.70. The van der Waals surface area contributed by atoms with Gasteiger partial charge in [-0.15, -0.1) is 0 Å². The highest BCUT2D eigenvalue weighted by molar-refractivity contribution is 5.99. The molecule has 1 saturated heterocycles. The molecule has 6 heteroatoms. The first-order valence-corrected chi connectivity index (χ1v) is 10.8. The van der Waals surface area contributed by atoms with E-state index in [0.717, 1.165) is 30.1 Å². The van der Waals surface area contributed by atoms with Crippen LogP contribution in [-0.2, 0) is 4.79 Å². The third-order valence-corrected chi connectivity index (χ3v) is 5.46. The average Bonchev–Trinajstić information content (AvgIpc) is 3.35. The summed E-state index contributed by atoms with van der Waals surface area (Å²) in [5, 5.41) is 5.54. The van der Waals surface area contributed by atoms with E-state index in [0.29, 0.717) is 11.3 Å². The van der Waals surface area contributed by atoms with Crippen LogP contribution in [0.3, 0.4) is 0 Å². The number of carbonyl (C=O) groups excluding carboxylic acids is 2. The monoisotopic (exact) mass is 429 g/mol. The lowest BCUT2D eigenvalue weighted by Crippen LogP contribution is -2.33. The van der Waals surface area contributed by atoms with E-state index in [2.05, 4.69) is 21.6 Å². The molecule has 1 heterocycles. The number of amides is 2. The van der Waals surface area contributed by atoms with E-state index >= 15 is 0 Å². The standard InChI is InChI=1S/C26H27N3O3/c1-19-17-21(29-15-5-6-16-29)11-14-24(19)28-25(30)18-27-26(31)20-9-12-23(13-10-20)32-22-7-3-2-4-8-22/h2-4,7-14,17H,5-6,15-16,18H2,1H3,(H,27,31)(H,28,30). The molecule has 0 unspecified atom stereocenters. The normalized spacial score (nSPS) is 13.0. The zero-order chi connectivity index (χ0) is 22.3. The molecule has 0 radical (unpaired) electrons. The molecule has 32 heavy (non-hydrogen) atoms. The predicted octanol–water partition coefficient (Wildman–Crippen LogP) is 4.76. The minimum absolute atomic E-state index is 0.103. The number of rotatable bonds is 7. The topological polar surface area (TPSA) is 70.7 Å². The summed E-state index contributed by atoms with van der Waals surface area (Å²) in [4.78, 5) is 27.1. The number of aryl methyl sites for hydroxylation is 1. The van der Waals surface area contributed by atoms with Gasteiger partial charge in [-0.25, -0.2) is 0 Å². The Morgan fingerprint density at radius 1 is 0.906 bits per heavy atom. The fourth-order valence-corrected chi connectivity index (χ4v) is 3.72. The molecule has 3 aromatic carbocycles. The maximum Gasteiger partial charge on any atom is 0.251 e. The Labute approximate surface area is 188 Å². The molecule has 1 fully saturated rings. The van der Waals surface area contributed by atoms with Crippen molar-refractivity contribution < 1.29 is 14.3 Å². The lowest BCUT2D eigenvalue weighted by molar-refractivity contribution is -0.115. The molecule has 2 amide bonds. The average molecular weight is 430 g/mol. The second-order valence-corrected chi connectivity index (χ2v) is 7.86. The highest BCUT2D eigenvalue weighted by Crippen LogP contribution is 2.25. The summed E-state index contributed by atoms with van der Waals surface area (Å²) in [5.41, 5.74) is 3.41. The van der Waals surface area contributed by atoms with Crippen molar-refractivity contribution in [1.82, 2.24) is 5.32 Å². The van der Waals surface area contributed by atoms with Crippen molar-refractivity contribution in [2.45, 2.75) is 19.8 Å². The van der Waals surface area contributed by atoms with Crippen molar-refractivity contribution in [3.05, 3.63) is 83.9 Å². The molecule has 0 aromatic heterocycles. The Balaban J connectivity index is 1.27. The van der Waals surface area contributed by atoms with Crippen LogP contribution in [0.2, 0.25) is 0 Å². The van der Waals surface area contributed by atoms with Gasteiger partial charge in [-0.3, -0.25) is 9.59 Å². The Morgan fingerprint density at radius 3 is 2.28 bits per heavy atom. The lowest BCUT2D eigenvalue weighted by Gasteiger charge is -2.19. The summed E-state index contributed by atoms with van der Waals surface area (Å²) in [6, 6.07) is 22.3. The number of hydrogen-bond acceptors (Lipinski definition) is 4. The molecule has 0 spiro atoms. The number of nitrogens with one attached hydrogen (secondary N) is 2. The summed E-state index contributed by atoms with van der Waals surface area (Å²) in [7, 11) is 0. The Morgan fingerprint density at radius 2 is 1.59 bits per heavy atom. The third kappa shape index (κ3) is 5.46. The molecule has 2 N–H and O–H groups in total. The first kappa shape index (κ1) is 21.4. The van der Waals surface area contributed by atoms with Gasteiger partial charge < -0.3 is 20.3 Å². The van der Waals surface area contributed by atoms with Gasteiger partial charge in [-0.2, -0.15) is 0 Å². The van der Waals surface area contributed by atoms with Crippen LogP contribution in [0.15, 0.2) is 72.8 Å². The van der Waals surface area contributed by atoms with Gasteiger partial charge in [0.1, 0.15) is 11.5 Å². The fourth-order valence-electron chi connectivity index (χ4n) is 3.72. The number of ether oxygens (including phenoxy) is 1. The molecular weight excluding hydrogens is 402 g/mol. The largest absolute Gasteiger partial charge is 0.457 e. The first-order valence-electron chi connectivity index (χ1n) is 10.8. The Hall–Kier alpha value is -3.80. The van der Waals surface area contributed by atoms with Crippen LogP contribution < -0.4 is 20.3 Å². The van der Waals surface area contributed by atoms with Crippen LogP contribution in [0.1, 0.15) is 28.8 Å². The summed E-state index contributed by atoms with van der Waals surface area (Å²) < 4.78 is 5.73. The van der Waals surface area contributed by atoms with Gasteiger partial charge in [0, 0.05) is 30.0 Å². The quantitative estimate of drug-likeness (QED) is 0.568. The van der Waals surface area contributed by atoms with Crippen molar-refractivity contribution >= 4 is 23.2 Å². The molecule has 0 saturated carbocycles. The Bertz CT molecular complexity index is 1080. The zero-order valence-electron chi connectivity index (χ0n) is 18.1. The minimum atomic E-state index is -0.312. The van der Waals surface area contributed by atoms with Crippen molar-refractivity contribution in [1.29, 1.82) is 0 Å². The van der Waals surface area contributed by atoms with E-state index in [4.69, 9.17) is 4.74 Å². The number of para-hydroxylation sites is 1. The lowest BCUT2D eigenvalue weighted by atomic mass is 10.1. The minimum Gasteiger partial charge on any atom is -0.457 e. The number of hydrogen-bond donors (Lipinski definition) is 2. The number of nitrogens with zero attached hydrogens (tertiary/aromatic N) is 1. The van der Waals surface area contributed by atoms with Crippen molar-refractivity contribution in [2.24, 2.45) is 0 Å². The molecule has 164 valence electrons. The van der Waals surface area contributed by atoms with E-state index in [9.17, 15) is 9.59 Å². The van der Waals surface area contributed by atoms with E-state index in [-0.39, 0.29) is 18.4 Å². The van der Waals surface area contributed by atoms with Gasteiger partial charge in [-0.05, 0) is 79.9 Å². The predicted molar refractivity (Wildman–Crippen MR) is 127 cm³/mol. The second-order valence-electron chi connectivity index (χ2n) is 7.86. The number of anilines is 2. The summed E-state index contributed by atoms with van der Waals surface area (Å²) >= 11 is 0. The summed E-state index contributed by atoms with van der Waals surface area (Å²) in [6.45, 7) is 4.04. The molecule has 1 aliphatic rings. The van der Waals surface area contributed by atoms with Crippen molar-refractivity contribution in [3.63, 3.8) is 0 Å². The maximum absolute atomic E-state index is 12.4. The van der Waals surface area contributed by atoms with E-state index in [1.165, 1.54) is 18.5 Å². The smallest absolute Gasteiger partial charge is 0.251 e. The molecular formula is C26H27N3O3. The highest BCUT2D eigenvalue weighted by Gasteiger charge is 2.14. The zero-order valence-corrected chi connectivity index (χ0v) is 18.1. The van der Waals surface area contributed by atoms with Gasteiger partial charge in [-0.1, -0.05) is 18.2 Å². The van der Waals surface area contributed by atoms with Gasteiger partial charge >= 0.3 is 0 Å². The van der Waals surface area contributed by atoms with E-state index < -0.39 is 0 Å². The third-order valence-electron chi connectivity index (χ3n) is 5.46. The second kappa shape index (κ2) is 10.0. The van der Waals surface area contributed by atoms with Crippen LogP contribution >= 0.6 is 0 Å². The van der Waals surface area contributed by atoms with E-state index in [1.54, 1.807) is 24.3 Å².